The maximum atomic E-state index is 11.8. The number of piperidine rings is 1. The normalized spacial score (nSPS) is 19.6. The fraction of sp³-hybridized carbons (Fsp3) is 0.318. The maximum Gasteiger partial charge on any atom is 0.248 e. The second kappa shape index (κ2) is 9.36. The minimum absolute atomic E-state index is 0.127. The zero-order valence-corrected chi connectivity index (χ0v) is 17.5. The Morgan fingerprint density at radius 3 is 2.61 bits per heavy atom. The summed E-state index contributed by atoms with van der Waals surface area (Å²) in [5.41, 5.74) is 11.8. The molecule has 3 heterocycles. The summed E-state index contributed by atoms with van der Waals surface area (Å²) >= 11 is 6.09. The number of amides is 1. The van der Waals surface area contributed by atoms with Crippen LogP contribution in [0.25, 0.3) is 11.1 Å². The largest absolute Gasteiger partial charge is 0.470 e. The highest BCUT2D eigenvalue weighted by Crippen LogP contribution is 2.43. The lowest BCUT2D eigenvalue weighted by molar-refractivity contribution is -0.135. The SMILES string of the molecule is N=NC1OC=C(C2CCN(C(=O)CO)CC2)C(c2ccncn2)=C1c1ccc(Cl)cc1. The van der Waals surface area contributed by atoms with Crippen LogP contribution in [0, 0.1) is 11.4 Å². The molecule has 9 heteroatoms. The molecule has 1 aromatic heterocycles. The Morgan fingerprint density at radius 2 is 2.00 bits per heavy atom. The maximum absolute atomic E-state index is 11.8. The topological polar surface area (TPSA) is 112 Å². The molecule has 0 aliphatic carbocycles. The van der Waals surface area contributed by atoms with E-state index >= 15 is 0 Å². The smallest absolute Gasteiger partial charge is 0.248 e. The monoisotopic (exact) mass is 439 g/mol. The molecule has 160 valence electrons. The molecule has 2 aromatic rings. The number of benzene rings is 1. The van der Waals surface area contributed by atoms with Gasteiger partial charge in [0.15, 0.2) is 0 Å². The van der Waals surface area contributed by atoms with E-state index in [9.17, 15) is 4.79 Å². The van der Waals surface area contributed by atoms with Gasteiger partial charge in [-0.05, 0) is 48.1 Å². The number of ether oxygens (including phenoxy) is 1. The van der Waals surface area contributed by atoms with Gasteiger partial charge in [-0.25, -0.2) is 15.5 Å². The second-order valence-corrected chi connectivity index (χ2v) is 7.83. The molecular weight excluding hydrogens is 418 g/mol. The molecule has 0 bridgehead atoms. The lowest BCUT2D eigenvalue weighted by Gasteiger charge is -2.36. The van der Waals surface area contributed by atoms with Gasteiger partial charge in [-0.3, -0.25) is 4.79 Å². The van der Waals surface area contributed by atoms with E-state index in [1.165, 1.54) is 6.33 Å². The molecule has 1 fully saturated rings. The number of likely N-dealkylation sites (tertiary alicyclic amines) is 1. The Balaban J connectivity index is 1.78. The van der Waals surface area contributed by atoms with E-state index in [4.69, 9.17) is 27.0 Å². The van der Waals surface area contributed by atoms with Gasteiger partial charge >= 0.3 is 0 Å². The predicted octanol–water partition coefficient (Wildman–Crippen LogP) is 3.54. The van der Waals surface area contributed by atoms with E-state index in [0.717, 1.165) is 40.8 Å². The Labute approximate surface area is 184 Å². The summed E-state index contributed by atoms with van der Waals surface area (Å²) < 4.78 is 5.87. The van der Waals surface area contributed by atoms with E-state index in [-0.39, 0.29) is 11.8 Å². The van der Waals surface area contributed by atoms with Crippen molar-refractivity contribution in [2.75, 3.05) is 19.7 Å². The summed E-state index contributed by atoms with van der Waals surface area (Å²) in [5.74, 6) is -0.129. The van der Waals surface area contributed by atoms with Crippen LogP contribution >= 0.6 is 11.6 Å². The average molecular weight is 440 g/mol. The van der Waals surface area contributed by atoms with Gasteiger partial charge in [0.1, 0.15) is 12.9 Å². The molecule has 0 saturated carbocycles. The molecule has 1 amide bonds. The third-order valence-electron chi connectivity index (χ3n) is 5.66. The van der Waals surface area contributed by atoms with Crippen LogP contribution in [0.1, 0.15) is 24.1 Å². The van der Waals surface area contributed by atoms with E-state index in [1.54, 1.807) is 29.5 Å². The first-order valence-corrected chi connectivity index (χ1v) is 10.4. The first-order chi connectivity index (χ1) is 15.1. The number of allylic oxidation sites excluding steroid dienone is 2. The van der Waals surface area contributed by atoms with Gasteiger partial charge in [0, 0.05) is 35.5 Å². The quantitative estimate of drug-likeness (QED) is 0.692. The molecule has 2 N–H and O–H groups in total. The molecule has 1 unspecified atom stereocenters. The van der Waals surface area contributed by atoms with Crippen LogP contribution in [-0.2, 0) is 9.53 Å². The number of hydrogen-bond acceptors (Lipinski definition) is 7. The number of aliphatic hydroxyl groups excluding tert-OH is 1. The third-order valence-corrected chi connectivity index (χ3v) is 5.91. The fourth-order valence-electron chi connectivity index (χ4n) is 4.12. The summed E-state index contributed by atoms with van der Waals surface area (Å²) in [6.07, 6.45) is 5.50. The Morgan fingerprint density at radius 1 is 1.26 bits per heavy atom. The van der Waals surface area contributed by atoms with Crippen molar-refractivity contribution in [3.05, 3.63) is 71.0 Å². The molecule has 8 nitrogen and oxygen atoms in total. The van der Waals surface area contributed by atoms with Crippen molar-refractivity contribution >= 4 is 28.7 Å². The predicted molar refractivity (Wildman–Crippen MR) is 115 cm³/mol. The molecular formula is C22H22ClN5O3. The summed E-state index contributed by atoms with van der Waals surface area (Å²) in [4.78, 5) is 22.0. The van der Waals surface area contributed by atoms with Crippen molar-refractivity contribution in [1.29, 1.82) is 5.53 Å². The van der Waals surface area contributed by atoms with Crippen molar-refractivity contribution in [1.82, 2.24) is 14.9 Å². The number of nitrogens with one attached hydrogen (secondary N) is 1. The number of carbonyl (C=O) groups excluding carboxylic acids is 1. The molecule has 2 aliphatic heterocycles. The van der Waals surface area contributed by atoms with E-state index in [0.29, 0.717) is 18.1 Å². The highest BCUT2D eigenvalue weighted by molar-refractivity contribution is 6.30. The number of aliphatic hydroxyl groups is 1. The van der Waals surface area contributed by atoms with Crippen molar-refractivity contribution < 1.29 is 14.6 Å². The van der Waals surface area contributed by atoms with Gasteiger partial charge in [-0.2, -0.15) is 0 Å². The highest BCUT2D eigenvalue weighted by atomic mass is 35.5. The summed E-state index contributed by atoms with van der Waals surface area (Å²) in [6, 6.07) is 9.17. The zero-order valence-electron chi connectivity index (χ0n) is 16.7. The Hall–Kier alpha value is -3.10. The molecule has 31 heavy (non-hydrogen) atoms. The number of halogens is 1. The first-order valence-electron chi connectivity index (χ1n) is 10.00. The van der Waals surface area contributed by atoms with Crippen LogP contribution in [0.4, 0.5) is 0 Å². The minimum atomic E-state index is -0.800. The molecule has 1 atom stereocenters. The van der Waals surface area contributed by atoms with Gasteiger partial charge in [0.25, 0.3) is 0 Å². The van der Waals surface area contributed by atoms with Gasteiger partial charge in [0.05, 0.1) is 12.0 Å². The molecule has 0 radical (unpaired) electrons. The number of hydrogen-bond donors (Lipinski definition) is 2. The van der Waals surface area contributed by atoms with Gasteiger partial charge in [-0.15, -0.1) is 5.11 Å². The van der Waals surface area contributed by atoms with Crippen LogP contribution < -0.4 is 0 Å². The standard InChI is InChI=1S/C22H22ClN5O3/c23-16-3-1-15(2-4-16)20-21(18-5-8-25-13-26-18)17(12-31-22(20)27-24)14-6-9-28(10-7-14)19(30)11-29/h1-5,8,12-14,22,24,29H,6-7,9-11H2. The Bertz CT molecular complexity index is 1020. The molecule has 1 aromatic carbocycles. The fourth-order valence-corrected chi connectivity index (χ4v) is 4.25. The van der Waals surface area contributed by atoms with Crippen LogP contribution in [-0.4, -0.2) is 51.8 Å². The zero-order chi connectivity index (χ0) is 21.8. The molecule has 0 spiro atoms. The lowest BCUT2D eigenvalue weighted by atomic mass is 9.80. The van der Waals surface area contributed by atoms with E-state index in [2.05, 4.69) is 15.1 Å². The molecule has 2 aliphatic rings. The average Bonchev–Trinajstić information content (AvgIpc) is 2.84. The van der Waals surface area contributed by atoms with Gasteiger partial charge in [-0.1, -0.05) is 23.7 Å². The minimum Gasteiger partial charge on any atom is -0.470 e. The lowest BCUT2D eigenvalue weighted by Crippen LogP contribution is -2.40. The number of aromatic nitrogens is 2. The molecule has 4 rings (SSSR count). The first kappa shape index (κ1) is 21.1. The highest BCUT2D eigenvalue weighted by Gasteiger charge is 2.34. The second-order valence-electron chi connectivity index (χ2n) is 7.39. The number of rotatable bonds is 5. The van der Waals surface area contributed by atoms with Crippen molar-refractivity contribution in [3.63, 3.8) is 0 Å². The van der Waals surface area contributed by atoms with Crippen molar-refractivity contribution in [2.24, 2.45) is 11.0 Å². The Kier molecular flexibility index (Phi) is 6.39. The summed E-state index contributed by atoms with van der Waals surface area (Å²) in [7, 11) is 0. The summed E-state index contributed by atoms with van der Waals surface area (Å²) in [5, 5.41) is 13.5. The van der Waals surface area contributed by atoms with Crippen LogP contribution in [0.5, 0.6) is 0 Å². The third kappa shape index (κ3) is 4.35. The van der Waals surface area contributed by atoms with Crippen molar-refractivity contribution in [3.8, 4) is 0 Å². The van der Waals surface area contributed by atoms with Crippen LogP contribution in [0.2, 0.25) is 5.02 Å². The van der Waals surface area contributed by atoms with E-state index < -0.39 is 12.8 Å². The summed E-state index contributed by atoms with van der Waals surface area (Å²) in [6.45, 7) is 0.637. The van der Waals surface area contributed by atoms with Crippen molar-refractivity contribution in [2.45, 2.75) is 19.1 Å². The van der Waals surface area contributed by atoms with Gasteiger partial charge in [0.2, 0.25) is 12.1 Å². The van der Waals surface area contributed by atoms with Gasteiger partial charge < -0.3 is 14.7 Å². The van der Waals surface area contributed by atoms with Crippen LogP contribution in [0.3, 0.4) is 0 Å². The van der Waals surface area contributed by atoms with Crippen LogP contribution in [0.15, 0.2) is 59.8 Å². The molecule has 1 saturated heterocycles. The van der Waals surface area contributed by atoms with E-state index in [1.807, 2.05) is 18.2 Å². The number of nitrogens with zero attached hydrogens (tertiary/aromatic N) is 4. The number of carbonyl (C=O) groups is 1.